The van der Waals surface area contributed by atoms with Crippen LogP contribution in [0, 0.1) is 6.92 Å². The third-order valence-electron chi connectivity index (χ3n) is 2.36. The normalized spacial score (nSPS) is 11.0. The van der Waals surface area contributed by atoms with Crippen molar-refractivity contribution in [3.05, 3.63) is 35.7 Å². The van der Waals surface area contributed by atoms with Crippen molar-refractivity contribution >= 4 is 23.9 Å². The van der Waals surface area contributed by atoms with Gasteiger partial charge in [-0.2, -0.15) is 5.10 Å². The Morgan fingerprint density at radius 3 is 2.61 bits per heavy atom. The molecule has 94 valence electrons. The average Bonchev–Trinajstić information content (AvgIpc) is 2.71. The zero-order chi connectivity index (χ0) is 13.0. The number of hydrazone groups is 1. The Bertz CT molecular complexity index is 545. The van der Waals surface area contributed by atoms with Gasteiger partial charge in [-0.05, 0) is 30.9 Å². The van der Waals surface area contributed by atoms with Crippen LogP contribution in [0.4, 0.5) is 5.95 Å². The number of nitrogens with zero attached hydrogens (tertiary/aromatic N) is 4. The Morgan fingerprint density at radius 2 is 2.06 bits per heavy atom. The second kappa shape index (κ2) is 5.54. The molecular formula is C11H14N6S. The number of thioether (sulfide) groups is 1. The number of hydrogen-bond donors (Lipinski definition) is 2. The fourth-order valence-electron chi connectivity index (χ4n) is 1.30. The van der Waals surface area contributed by atoms with Crippen LogP contribution in [0.3, 0.4) is 0 Å². The molecule has 0 fully saturated rings. The molecule has 2 rings (SSSR count). The van der Waals surface area contributed by atoms with Crippen molar-refractivity contribution in [3.63, 3.8) is 0 Å². The smallest absolute Gasteiger partial charge is 0.263 e. The van der Waals surface area contributed by atoms with E-state index in [0.717, 1.165) is 5.56 Å². The quantitative estimate of drug-likeness (QED) is 0.377. The summed E-state index contributed by atoms with van der Waals surface area (Å²) in [5, 5.41) is 11.7. The Balaban J connectivity index is 2.00. The second-order valence-corrected chi connectivity index (χ2v) is 4.46. The molecule has 1 aromatic carbocycles. The number of nitrogens with one attached hydrogen (secondary N) is 1. The molecule has 2 aromatic rings. The highest BCUT2D eigenvalue weighted by molar-refractivity contribution is 7.98. The van der Waals surface area contributed by atoms with Gasteiger partial charge in [-0.1, -0.05) is 12.1 Å². The molecule has 0 radical (unpaired) electrons. The first-order chi connectivity index (χ1) is 8.70. The lowest BCUT2D eigenvalue weighted by molar-refractivity contribution is 0.926. The zero-order valence-electron chi connectivity index (χ0n) is 10.2. The van der Waals surface area contributed by atoms with Crippen molar-refractivity contribution in [3.8, 4) is 0 Å². The first-order valence-electron chi connectivity index (χ1n) is 5.31. The van der Waals surface area contributed by atoms with E-state index in [2.05, 4.69) is 20.7 Å². The van der Waals surface area contributed by atoms with Crippen molar-refractivity contribution < 1.29 is 0 Å². The van der Waals surface area contributed by atoms with Crippen LogP contribution in [0.25, 0.3) is 0 Å². The maximum atomic E-state index is 5.67. The van der Waals surface area contributed by atoms with Gasteiger partial charge in [-0.3, -0.25) is 0 Å². The standard InChI is InChI=1S/C11H14N6S/c1-8-14-16-11(17(8)12)15-13-7-9-3-5-10(18-2)6-4-9/h3-7H,12H2,1-2H3,(H,15,16)/b13-7+. The number of hydrogen-bond acceptors (Lipinski definition) is 6. The van der Waals surface area contributed by atoms with E-state index >= 15 is 0 Å². The average molecular weight is 262 g/mol. The lowest BCUT2D eigenvalue weighted by Gasteiger charge is -1.99. The molecule has 18 heavy (non-hydrogen) atoms. The monoisotopic (exact) mass is 262 g/mol. The Morgan fingerprint density at radius 1 is 1.33 bits per heavy atom. The number of aromatic nitrogens is 3. The van der Waals surface area contributed by atoms with Gasteiger partial charge in [0, 0.05) is 4.90 Å². The number of rotatable bonds is 4. The van der Waals surface area contributed by atoms with E-state index in [1.165, 1.54) is 9.57 Å². The number of aryl methyl sites for hydroxylation is 1. The molecule has 0 spiro atoms. The van der Waals surface area contributed by atoms with Gasteiger partial charge in [0.25, 0.3) is 5.95 Å². The molecule has 0 saturated heterocycles. The first kappa shape index (κ1) is 12.4. The molecule has 0 bridgehead atoms. The molecule has 0 saturated carbocycles. The van der Waals surface area contributed by atoms with Gasteiger partial charge in [0.15, 0.2) is 5.82 Å². The molecule has 1 aromatic heterocycles. The van der Waals surface area contributed by atoms with Crippen LogP contribution in [0.2, 0.25) is 0 Å². The van der Waals surface area contributed by atoms with Crippen LogP contribution in [-0.2, 0) is 0 Å². The van der Waals surface area contributed by atoms with Gasteiger partial charge < -0.3 is 5.84 Å². The summed E-state index contributed by atoms with van der Waals surface area (Å²) in [5.41, 5.74) is 3.74. The largest absolute Gasteiger partial charge is 0.335 e. The van der Waals surface area contributed by atoms with E-state index in [1.54, 1.807) is 24.9 Å². The highest BCUT2D eigenvalue weighted by atomic mass is 32.2. The van der Waals surface area contributed by atoms with E-state index in [9.17, 15) is 0 Å². The molecule has 6 nitrogen and oxygen atoms in total. The minimum atomic E-state index is 0.407. The lowest BCUT2D eigenvalue weighted by atomic mass is 10.2. The number of benzene rings is 1. The van der Waals surface area contributed by atoms with Gasteiger partial charge in [0.1, 0.15) is 0 Å². The van der Waals surface area contributed by atoms with E-state index in [4.69, 9.17) is 5.84 Å². The third kappa shape index (κ3) is 2.80. The summed E-state index contributed by atoms with van der Waals surface area (Å²) in [4.78, 5) is 1.22. The highest BCUT2D eigenvalue weighted by Crippen LogP contribution is 2.13. The first-order valence-corrected chi connectivity index (χ1v) is 6.53. The molecule has 0 unspecified atom stereocenters. The zero-order valence-corrected chi connectivity index (χ0v) is 11.0. The van der Waals surface area contributed by atoms with E-state index < -0.39 is 0 Å². The summed E-state index contributed by atoms with van der Waals surface area (Å²) >= 11 is 1.70. The minimum absolute atomic E-state index is 0.407. The molecule has 0 aliphatic heterocycles. The summed E-state index contributed by atoms with van der Waals surface area (Å²) < 4.78 is 1.34. The maximum absolute atomic E-state index is 5.67. The fraction of sp³-hybridized carbons (Fsp3) is 0.182. The fourth-order valence-corrected chi connectivity index (χ4v) is 1.71. The van der Waals surface area contributed by atoms with Crippen molar-refractivity contribution in [1.29, 1.82) is 0 Å². The highest BCUT2D eigenvalue weighted by Gasteiger charge is 2.02. The van der Waals surface area contributed by atoms with Gasteiger partial charge >= 0.3 is 0 Å². The van der Waals surface area contributed by atoms with Crippen LogP contribution in [0.15, 0.2) is 34.3 Å². The summed E-state index contributed by atoms with van der Waals surface area (Å²) in [6.45, 7) is 1.77. The number of nitrogen functional groups attached to an aromatic ring is 1. The van der Waals surface area contributed by atoms with Crippen molar-refractivity contribution in [2.45, 2.75) is 11.8 Å². The minimum Gasteiger partial charge on any atom is -0.335 e. The predicted octanol–water partition coefficient (Wildman–Crippen LogP) is 1.47. The summed E-state index contributed by atoms with van der Waals surface area (Å²) in [6.07, 6.45) is 3.75. The van der Waals surface area contributed by atoms with Crippen LogP contribution < -0.4 is 11.3 Å². The van der Waals surface area contributed by atoms with E-state index in [1.807, 2.05) is 30.5 Å². The molecule has 1 heterocycles. The van der Waals surface area contributed by atoms with Gasteiger partial charge in [0.2, 0.25) is 0 Å². The summed E-state index contributed by atoms with van der Waals surface area (Å²) in [6, 6.07) is 8.08. The second-order valence-electron chi connectivity index (χ2n) is 3.58. The molecule has 0 aliphatic carbocycles. The predicted molar refractivity (Wildman–Crippen MR) is 74.3 cm³/mol. The van der Waals surface area contributed by atoms with Crippen LogP contribution in [0.5, 0.6) is 0 Å². The Labute approximate surface area is 109 Å². The molecular weight excluding hydrogens is 248 g/mol. The van der Waals surface area contributed by atoms with Crippen LogP contribution in [-0.4, -0.2) is 27.3 Å². The van der Waals surface area contributed by atoms with Crippen LogP contribution in [0.1, 0.15) is 11.4 Å². The Kier molecular flexibility index (Phi) is 3.83. The summed E-state index contributed by atoms with van der Waals surface area (Å²) in [5.74, 6) is 6.70. The van der Waals surface area contributed by atoms with Crippen LogP contribution >= 0.6 is 11.8 Å². The molecule has 0 amide bonds. The topological polar surface area (TPSA) is 81.1 Å². The van der Waals surface area contributed by atoms with Gasteiger partial charge in [-0.25, -0.2) is 10.1 Å². The SMILES string of the molecule is CSc1ccc(/C=N/Nc2nnc(C)n2N)cc1. The Hall–Kier alpha value is -2.02. The number of anilines is 1. The van der Waals surface area contributed by atoms with E-state index in [-0.39, 0.29) is 0 Å². The molecule has 0 aliphatic rings. The van der Waals surface area contributed by atoms with Gasteiger partial charge in [-0.15, -0.1) is 22.0 Å². The maximum Gasteiger partial charge on any atom is 0.263 e. The third-order valence-corrected chi connectivity index (χ3v) is 3.10. The van der Waals surface area contributed by atoms with Crippen molar-refractivity contribution in [2.24, 2.45) is 5.10 Å². The molecule has 0 atom stereocenters. The molecule has 7 heteroatoms. The van der Waals surface area contributed by atoms with Gasteiger partial charge in [0.05, 0.1) is 6.21 Å². The number of nitrogens with two attached hydrogens (primary N) is 1. The van der Waals surface area contributed by atoms with Crippen molar-refractivity contribution in [2.75, 3.05) is 17.5 Å². The lowest BCUT2D eigenvalue weighted by Crippen LogP contribution is -2.13. The summed E-state index contributed by atoms with van der Waals surface area (Å²) in [7, 11) is 0. The van der Waals surface area contributed by atoms with E-state index in [0.29, 0.717) is 11.8 Å². The molecule has 3 N–H and O–H groups in total. The van der Waals surface area contributed by atoms with Crippen molar-refractivity contribution in [1.82, 2.24) is 14.9 Å².